The summed E-state index contributed by atoms with van der Waals surface area (Å²) in [7, 11) is 1.38. The van der Waals surface area contributed by atoms with Gasteiger partial charge in [-0.2, -0.15) is 0 Å². The summed E-state index contributed by atoms with van der Waals surface area (Å²) in [5.74, 6) is -2.27. The standard InChI is InChI=1S/C45H49N7O11S/c1-6-45(29-17-32-35-25(15-24-9-7-8-10-30(24)49-35)19-52(32)41(57)38(29)60-20-33(45)53)63-42(58)34(22(2)3)51-40(56)31(16-27-18-46-21-47-27)50-44(64)48-26-11-13-28(14-12-26)62-43-37(55)39(59-5)36(54)23(4)61-43/h7-15,17-18,21-23,31,34,36-37,39,43,54-55H,6,16,19-20H2,1-5H3,(H,46,47)(H,51,56)(H2,48,50,64)/t23-,31-,34-,36+,37-,39+,43+,45-/m0/s1. The first-order valence-corrected chi connectivity index (χ1v) is 21.3. The number of methoxy groups -OCH3 is 1. The number of ketones is 1. The van der Waals surface area contributed by atoms with Crippen molar-refractivity contribution in [1.29, 1.82) is 0 Å². The summed E-state index contributed by atoms with van der Waals surface area (Å²) in [5, 5.41) is 30.8. The van der Waals surface area contributed by atoms with Gasteiger partial charge in [0, 0.05) is 42.1 Å². The lowest BCUT2D eigenvalue weighted by Crippen LogP contribution is -2.59. The quantitative estimate of drug-likeness (QED) is 0.0722. The Balaban J connectivity index is 0.986. The number of nitrogens with one attached hydrogen (secondary N) is 4. The van der Waals surface area contributed by atoms with E-state index >= 15 is 0 Å². The number of para-hydroxylation sites is 1. The number of fused-ring (bicyclic) bond motifs is 5. The van der Waals surface area contributed by atoms with Crippen LogP contribution in [0.2, 0.25) is 0 Å². The van der Waals surface area contributed by atoms with Crippen LogP contribution in [0.5, 0.6) is 11.5 Å². The van der Waals surface area contributed by atoms with Crippen LogP contribution in [0.25, 0.3) is 22.3 Å². The largest absolute Gasteiger partial charge is 0.479 e. The van der Waals surface area contributed by atoms with Crippen LogP contribution in [-0.2, 0) is 47.2 Å². The van der Waals surface area contributed by atoms with Gasteiger partial charge in [0.1, 0.15) is 36.1 Å². The van der Waals surface area contributed by atoms with E-state index in [0.29, 0.717) is 28.5 Å². The summed E-state index contributed by atoms with van der Waals surface area (Å²) in [6.45, 7) is 6.56. The van der Waals surface area contributed by atoms with Crippen molar-refractivity contribution >= 4 is 51.6 Å². The maximum absolute atomic E-state index is 14.4. The predicted octanol–water partition coefficient (Wildman–Crippen LogP) is 2.86. The molecule has 0 spiro atoms. The number of hydrogen-bond donors (Lipinski definition) is 6. The van der Waals surface area contributed by atoms with Gasteiger partial charge in [0.25, 0.3) is 5.56 Å². The van der Waals surface area contributed by atoms with Crippen molar-refractivity contribution in [3.05, 3.63) is 100 Å². The van der Waals surface area contributed by atoms with E-state index in [2.05, 4.69) is 25.9 Å². The van der Waals surface area contributed by atoms with Gasteiger partial charge in [-0.05, 0) is 73.9 Å². The number of Topliss-reactive ketones (excluding diaryl/α,β-unsaturated/α-hetero) is 1. The van der Waals surface area contributed by atoms with Gasteiger partial charge in [0.05, 0.1) is 41.4 Å². The lowest BCUT2D eigenvalue weighted by atomic mass is 9.84. The van der Waals surface area contributed by atoms with Crippen LogP contribution in [-0.4, -0.2) is 109 Å². The fourth-order valence-electron chi connectivity index (χ4n) is 8.33. The highest BCUT2D eigenvalue weighted by molar-refractivity contribution is 7.80. The highest BCUT2D eigenvalue weighted by Crippen LogP contribution is 2.43. The number of amides is 1. The van der Waals surface area contributed by atoms with Crippen LogP contribution < -0.4 is 31.0 Å². The zero-order valence-electron chi connectivity index (χ0n) is 35.7. The Morgan fingerprint density at radius 3 is 2.55 bits per heavy atom. The van der Waals surface area contributed by atoms with Crippen molar-refractivity contribution in [3.8, 4) is 22.9 Å². The van der Waals surface area contributed by atoms with Crippen molar-refractivity contribution in [3.63, 3.8) is 0 Å². The number of aliphatic hydroxyl groups is 2. The van der Waals surface area contributed by atoms with Crippen molar-refractivity contribution in [2.45, 2.75) is 95.5 Å². The number of nitrogens with zero attached hydrogens (tertiary/aromatic N) is 3. The molecule has 3 aromatic heterocycles. The van der Waals surface area contributed by atoms with Crippen molar-refractivity contribution < 1.29 is 48.3 Å². The number of anilines is 1. The topological polar surface area (TPSA) is 237 Å². The highest BCUT2D eigenvalue weighted by atomic mass is 32.1. The second kappa shape index (κ2) is 18.1. The molecule has 1 amide bonds. The first-order valence-electron chi connectivity index (χ1n) is 20.9. The maximum Gasteiger partial charge on any atom is 0.330 e. The number of aliphatic hydroxyl groups excluding tert-OH is 2. The molecule has 0 saturated carbocycles. The van der Waals surface area contributed by atoms with Gasteiger partial charge < -0.3 is 54.8 Å². The van der Waals surface area contributed by atoms with E-state index in [1.54, 1.807) is 68.8 Å². The fraction of sp³-hybridized carbons (Fsp3) is 0.400. The Morgan fingerprint density at radius 1 is 1.08 bits per heavy atom. The molecule has 8 rings (SSSR count). The molecule has 19 heteroatoms. The van der Waals surface area contributed by atoms with E-state index in [9.17, 15) is 29.4 Å². The number of H-pyrrole nitrogens is 1. The highest BCUT2D eigenvalue weighted by Gasteiger charge is 2.51. The van der Waals surface area contributed by atoms with Gasteiger partial charge in [-0.3, -0.25) is 19.0 Å². The molecule has 0 aliphatic carbocycles. The monoisotopic (exact) mass is 895 g/mol. The summed E-state index contributed by atoms with van der Waals surface area (Å²) in [6, 6.07) is 15.5. The molecule has 8 atom stereocenters. The second-order valence-corrected chi connectivity index (χ2v) is 16.8. The van der Waals surface area contributed by atoms with Crippen LogP contribution in [0, 0.1) is 5.92 Å². The summed E-state index contributed by atoms with van der Waals surface area (Å²) in [4.78, 5) is 68.4. The molecule has 6 N–H and O–H groups in total. The second-order valence-electron chi connectivity index (χ2n) is 16.4. The third-order valence-corrected chi connectivity index (χ3v) is 12.1. The van der Waals surface area contributed by atoms with Gasteiger partial charge in [0.2, 0.25) is 23.6 Å². The number of rotatable bonds is 13. The predicted molar refractivity (Wildman–Crippen MR) is 236 cm³/mol. The molecular weight excluding hydrogens is 847 g/mol. The number of aromatic nitrogens is 4. The number of hydrogen-bond acceptors (Lipinski definition) is 14. The molecule has 2 aromatic carbocycles. The van der Waals surface area contributed by atoms with Crippen LogP contribution in [0.3, 0.4) is 0 Å². The third kappa shape index (κ3) is 8.44. The van der Waals surface area contributed by atoms with E-state index in [0.717, 1.165) is 16.5 Å². The number of thiocarbonyl (C=S) groups is 1. The smallest absolute Gasteiger partial charge is 0.330 e. The minimum Gasteiger partial charge on any atom is -0.479 e. The minimum atomic E-state index is -1.90. The van der Waals surface area contributed by atoms with E-state index in [1.807, 2.05) is 30.3 Å². The molecule has 0 unspecified atom stereocenters. The number of pyridine rings is 2. The van der Waals surface area contributed by atoms with Gasteiger partial charge in [-0.1, -0.05) is 39.0 Å². The number of imidazole rings is 1. The Morgan fingerprint density at radius 2 is 1.84 bits per heavy atom. The molecule has 3 aliphatic rings. The van der Waals surface area contributed by atoms with E-state index in [-0.39, 0.29) is 35.8 Å². The molecule has 0 radical (unpaired) electrons. The Hall–Kier alpha value is -6.25. The molecule has 5 aromatic rings. The van der Waals surface area contributed by atoms with E-state index in [4.69, 9.17) is 40.9 Å². The lowest BCUT2D eigenvalue weighted by Gasteiger charge is -2.40. The molecular formula is C45H49N7O11S. The normalized spacial score (nSPS) is 23.2. The van der Waals surface area contributed by atoms with Crippen LogP contribution >= 0.6 is 12.2 Å². The lowest BCUT2D eigenvalue weighted by molar-refractivity contribution is -0.272. The number of aromatic amines is 1. The first-order chi connectivity index (χ1) is 30.7. The van der Waals surface area contributed by atoms with Crippen LogP contribution in [0.15, 0.2) is 78.0 Å². The molecule has 1 saturated heterocycles. The van der Waals surface area contributed by atoms with Gasteiger partial charge in [0.15, 0.2) is 17.5 Å². The minimum absolute atomic E-state index is 0.0153. The molecule has 18 nitrogen and oxygen atoms in total. The average molecular weight is 896 g/mol. The van der Waals surface area contributed by atoms with Crippen molar-refractivity contribution in [1.82, 2.24) is 30.2 Å². The van der Waals surface area contributed by atoms with E-state index < -0.39 is 84.1 Å². The molecule has 1 fully saturated rings. The van der Waals surface area contributed by atoms with Crippen LogP contribution in [0.1, 0.15) is 50.9 Å². The number of carbonyl (C=O) groups is 3. The number of benzene rings is 2. The molecule has 64 heavy (non-hydrogen) atoms. The summed E-state index contributed by atoms with van der Waals surface area (Å²) in [5.41, 5.74) is 1.49. The van der Waals surface area contributed by atoms with Gasteiger partial charge in [-0.25, -0.2) is 14.8 Å². The van der Waals surface area contributed by atoms with Crippen molar-refractivity contribution in [2.24, 2.45) is 5.92 Å². The third-order valence-electron chi connectivity index (χ3n) is 11.9. The van der Waals surface area contributed by atoms with Crippen LogP contribution in [0.4, 0.5) is 5.69 Å². The molecule has 336 valence electrons. The molecule has 6 heterocycles. The zero-order valence-corrected chi connectivity index (χ0v) is 36.5. The summed E-state index contributed by atoms with van der Waals surface area (Å²) in [6.07, 6.45) is -1.83. The van der Waals surface area contributed by atoms with Crippen molar-refractivity contribution in [2.75, 3.05) is 19.0 Å². The fourth-order valence-corrected chi connectivity index (χ4v) is 8.59. The molecule has 0 bridgehead atoms. The van der Waals surface area contributed by atoms with Gasteiger partial charge >= 0.3 is 5.97 Å². The number of esters is 1. The number of ether oxygens (including phenoxy) is 5. The van der Waals surface area contributed by atoms with Gasteiger partial charge in [-0.15, -0.1) is 0 Å². The summed E-state index contributed by atoms with van der Waals surface area (Å²) < 4.78 is 30.3. The first kappa shape index (κ1) is 44.4. The average Bonchev–Trinajstić information content (AvgIpc) is 3.93. The zero-order chi connectivity index (χ0) is 45.4. The summed E-state index contributed by atoms with van der Waals surface area (Å²) >= 11 is 5.63. The maximum atomic E-state index is 14.4. The SMILES string of the molecule is CC[C@@]1(OC(=O)[C@@H](NC(=O)[C@H](Cc2cnc[nH]2)NC(=S)Nc2ccc(O[C@H]3O[C@@H](C)[C@@H](O)[C@@H](OC)[C@@H]3O)cc2)C(C)C)C(=O)COc2c1cc1n(c2=O)Cc2cc3ccccc3nc2-1. The Labute approximate surface area is 372 Å². The Kier molecular flexibility index (Phi) is 12.5. The Bertz CT molecular complexity index is 2640. The number of carbonyl (C=O) groups excluding carboxylic acids is 3. The molecule has 3 aliphatic heterocycles. The van der Waals surface area contributed by atoms with E-state index in [1.165, 1.54) is 13.4 Å².